The summed E-state index contributed by atoms with van der Waals surface area (Å²) in [6, 6.07) is 16.6. The molecule has 30 heavy (non-hydrogen) atoms. The number of hydrogen-bond donors (Lipinski definition) is 2. The van der Waals surface area contributed by atoms with Gasteiger partial charge in [-0.25, -0.2) is 9.98 Å². The smallest absolute Gasteiger partial charge is 0.241 e. The van der Waals surface area contributed by atoms with Crippen LogP contribution >= 0.6 is 24.0 Å². The maximum Gasteiger partial charge on any atom is 0.241 e. The van der Waals surface area contributed by atoms with Crippen molar-refractivity contribution in [2.75, 3.05) is 27.2 Å². The molecule has 8 heteroatoms. The fourth-order valence-electron chi connectivity index (χ4n) is 2.91. The Balaban J connectivity index is 0.00000320. The molecule has 0 bridgehead atoms. The molecule has 0 saturated heterocycles. The van der Waals surface area contributed by atoms with E-state index in [4.69, 9.17) is 0 Å². The molecule has 2 N–H and O–H groups in total. The number of aromatic nitrogens is 2. The topological polar surface area (TPSA) is 74.5 Å². The van der Waals surface area contributed by atoms with Crippen LogP contribution in [-0.2, 0) is 17.9 Å². The maximum absolute atomic E-state index is 11.7. The number of guanidine groups is 1. The summed E-state index contributed by atoms with van der Waals surface area (Å²) in [5.74, 6) is 0.642. The molecule has 0 aliphatic rings. The summed E-state index contributed by atoms with van der Waals surface area (Å²) in [5.41, 5.74) is 4.47. The average Bonchev–Trinajstić information content (AvgIpc) is 3.13. The fourth-order valence-corrected chi connectivity index (χ4v) is 2.91. The minimum atomic E-state index is 0. The number of carbonyl (C=O) groups is 1. The van der Waals surface area contributed by atoms with Gasteiger partial charge in [-0.3, -0.25) is 4.79 Å². The Kier molecular flexibility index (Phi) is 9.10. The first kappa shape index (κ1) is 23.7. The van der Waals surface area contributed by atoms with Gasteiger partial charge >= 0.3 is 0 Å². The minimum absolute atomic E-state index is 0. The standard InChI is InChI=1S/C22H28N6O.HI/c1-4-23-22(25-14-21(29)27(2)3)24-13-17-9-11-18(12-10-17)15-28-16-26-19-7-5-6-8-20(19)28;/h5-12,16H,4,13-15H2,1-3H3,(H2,23,24,25);1H. The van der Waals surface area contributed by atoms with Crippen LogP contribution in [0.4, 0.5) is 0 Å². The summed E-state index contributed by atoms with van der Waals surface area (Å²) in [5, 5.41) is 6.23. The van der Waals surface area contributed by atoms with Crippen molar-refractivity contribution in [3.8, 4) is 0 Å². The lowest BCUT2D eigenvalue weighted by molar-refractivity contribution is -0.127. The highest BCUT2D eigenvalue weighted by Gasteiger charge is 2.06. The monoisotopic (exact) mass is 520 g/mol. The van der Waals surface area contributed by atoms with Crippen molar-refractivity contribution in [3.05, 3.63) is 66.0 Å². The molecule has 1 amide bonds. The highest BCUT2D eigenvalue weighted by Crippen LogP contribution is 2.14. The van der Waals surface area contributed by atoms with E-state index in [1.54, 1.807) is 19.0 Å². The van der Waals surface area contributed by atoms with Crippen molar-refractivity contribution in [3.63, 3.8) is 0 Å². The summed E-state index contributed by atoms with van der Waals surface area (Å²) in [7, 11) is 3.48. The first-order valence-electron chi connectivity index (χ1n) is 9.77. The van der Waals surface area contributed by atoms with E-state index >= 15 is 0 Å². The number of nitrogens with zero attached hydrogens (tertiary/aromatic N) is 4. The predicted octanol–water partition coefficient (Wildman–Crippen LogP) is 2.85. The zero-order valence-corrected chi connectivity index (χ0v) is 20.0. The van der Waals surface area contributed by atoms with Crippen molar-refractivity contribution in [2.45, 2.75) is 20.0 Å². The molecule has 2 aromatic carbocycles. The van der Waals surface area contributed by atoms with Gasteiger partial charge in [0.25, 0.3) is 0 Å². The van der Waals surface area contributed by atoms with E-state index in [2.05, 4.69) is 55.5 Å². The van der Waals surface area contributed by atoms with Gasteiger partial charge < -0.3 is 20.1 Å². The van der Waals surface area contributed by atoms with Crippen LogP contribution in [0.3, 0.4) is 0 Å². The molecule has 0 unspecified atom stereocenters. The van der Waals surface area contributed by atoms with Gasteiger partial charge in [0.2, 0.25) is 5.91 Å². The maximum atomic E-state index is 11.7. The zero-order valence-electron chi connectivity index (χ0n) is 17.6. The average molecular weight is 520 g/mol. The molecule has 0 spiro atoms. The Morgan fingerprint density at radius 1 is 1.07 bits per heavy atom. The van der Waals surface area contributed by atoms with E-state index in [1.807, 2.05) is 31.5 Å². The van der Waals surface area contributed by atoms with Crippen molar-refractivity contribution < 1.29 is 4.79 Å². The number of nitrogens with one attached hydrogen (secondary N) is 2. The highest BCUT2D eigenvalue weighted by molar-refractivity contribution is 14.0. The number of halogens is 1. The number of fused-ring (bicyclic) bond motifs is 1. The molecule has 0 aliphatic carbocycles. The lowest BCUT2D eigenvalue weighted by Gasteiger charge is -2.14. The number of para-hydroxylation sites is 2. The fraction of sp³-hybridized carbons (Fsp3) is 0.318. The Morgan fingerprint density at radius 2 is 1.77 bits per heavy atom. The number of rotatable bonds is 7. The van der Waals surface area contributed by atoms with Crippen LogP contribution in [0.15, 0.2) is 59.9 Å². The first-order valence-corrected chi connectivity index (χ1v) is 9.77. The molecule has 7 nitrogen and oxygen atoms in total. The van der Waals surface area contributed by atoms with Gasteiger partial charge in [0.1, 0.15) is 0 Å². The van der Waals surface area contributed by atoms with Gasteiger partial charge in [0.05, 0.1) is 30.5 Å². The van der Waals surface area contributed by atoms with E-state index in [-0.39, 0.29) is 36.4 Å². The molecule has 0 saturated carbocycles. The lowest BCUT2D eigenvalue weighted by atomic mass is 10.1. The summed E-state index contributed by atoms with van der Waals surface area (Å²) >= 11 is 0. The molecule has 0 aliphatic heterocycles. The summed E-state index contributed by atoms with van der Waals surface area (Å²) in [6.07, 6.45) is 1.88. The predicted molar refractivity (Wildman–Crippen MR) is 132 cm³/mol. The molecule has 160 valence electrons. The van der Waals surface area contributed by atoms with Gasteiger partial charge in [0, 0.05) is 27.2 Å². The minimum Gasteiger partial charge on any atom is -0.357 e. The summed E-state index contributed by atoms with van der Waals surface area (Å²) in [4.78, 5) is 22.3. The number of likely N-dealkylation sites (N-methyl/N-ethyl adjacent to an activating group) is 1. The number of amides is 1. The van der Waals surface area contributed by atoms with Gasteiger partial charge in [-0.1, -0.05) is 36.4 Å². The van der Waals surface area contributed by atoms with Crippen LogP contribution in [0.5, 0.6) is 0 Å². The highest BCUT2D eigenvalue weighted by atomic mass is 127. The quantitative estimate of drug-likeness (QED) is 0.286. The van der Waals surface area contributed by atoms with Crippen molar-refractivity contribution in [2.24, 2.45) is 4.99 Å². The Bertz CT molecular complexity index is 981. The first-order chi connectivity index (χ1) is 14.1. The van der Waals surface area contributed by atoms with Gasteiger partial charge in [-0.15, -0.1) is 24.0 Å². The lowest BCUT2D eigenvalue weighted by Crippen LogP contribution is -2.42. The van der Waals surface area contributed by atoms with E-state index < -0.39 is 0 Å². The number of imidazole rings is 1. The van der Waals surface area contributed by atoms with Crippen LogP contribution < -0.4 is 10.6 Å². The summed E-state index contributed by atoms with van der Waals surface area (Å²) in [6.45, 7) is 4.27. The molecular weight excluding hydrogens is 491 g/mol. The number of benzene rings is 2. The molecular formula is C22H29IN6O. The molecule has 3 aromatic rings. The van der Waals surface area contributed by atoms with Gasteiger partial charge in [0.15, 0.2) is 5.96 Å². The van der Waals surface area contributed by atoms with E-state index in [9.17, 15) is 4.79 Å². The molecule has 1 aromatic heterocycles. The van der Waals surface area contributed by atoms with Gasteiger partial charge in [-0.05, 0) is 30.2 Å². The van der Waals surface area contributed by atoms with Crippen molar-refractivity contribution >= 4 is 46.9 Å². The normalized spacial score (nSPS) is 11.1. The van der Waals surface area contributed by atoms with Gasteiger partial charge in [-0.2, -0.15) is 0 Å². The van der Waals surface area contributed by atoms with E-state index in [1.165, 1.54) is 5.56 Å². The van der Waals surface area contributed by atoms with E-state index in [0.29, 0.717) is 12.5 Å². The Hall–Kier alpha value is -2.62. The Morgan fingerprint density at radius 3 is 2.47 bits per heavy atom. The second kappa shape index (κ2) is 11.5. The van der Waals surface area contributed by atoms with E-state index in [0.717, 1.165) is 29.7 Å². The number of hydrogen-bond acceptors (Lipinski definition) is 3. The Labute approximate surface area is 194 Å². The third kappa shape index (κ3) is 6.45. The molecule has 1 heterocycles. The van der Waals surface area contributed by atoms with Crippen molar-refractivity contribution in [1.82, 2.24) is 25.1 Å². The second-order valence-electron chi connectivity index (χ2n) is 7.01. The van der Waals surface area contributed by atoms with Crippen LogP contribution in [0.1, 0.15) is 18.1 Å². The molecule has 0 fully saturated rings. The molecule has 0 atom stereocenters. The number of carbonyl (C=O) groups excluding carboxylic acids is 1. The van der Waals surface area contributed by atoms with Crippen LogP contribution in [0.2, 0.25) is 0 Å². The SMILES string of the molecule is CCNC(=NCc1ccc(Cn2cnc3ccccc32)cc1)NCC(=O)N(C)C.I. The second-order valence-corrected chi connectivity index (χ2v) is 7.01. The summed E-state index contributed by atoms with van der Waals surface area (Å²) < 4.78 is 2.15. The van der Waals surface area contributed by atoms with Crippen LogP contribution in [0, 0.1) is 0 Å². The zero-order chi connectivity index (χ0) is 20.6. The van der Waals surface area contributed by atoms with Crippen molar-refractivity contribution in [1.29, 1.82) is 0 Å². The largest absolute Gasteiger partial charge is 0.357 e. The number of aliphatic imine (C=N–C) groups is 1. The van der Waals surface area contributed by atoms with Crippen LogP contribution in [-0.4, -0.2) is 53.5 Å². The molecule has 3 rings (SSSR count). The van der Waals surface area contributed by atoms with Crippen LogP contribution in [0.25, 0.3) is 11.0 Å². The molecule has 0 radical (unpaired) electrons. The third-order valence-electron chi connectivity index (χ3n) is 4.57. The third-order valence-corrected chi connectivity index (χ3v) is 4.57.